The third-order valence-corrected chi connectivity index (χ3v) is 5.70. The monoisotopic (exact) mass is 457 g/mol. The lowest BCUT2D eigenvalue weighted by atomic mass is 10.0. The number of aliphatic imine (C=N–C) groups is 1. The van der Waals surface area contributed by atoms with Crippen LogP contribution in [-0.2, 0) is 15.9 Å². The zero-order valence-electron chi connectivity index (χ0n) is 15.0. The average Bonchev–Trinajstić information content (AvgIpc) is 3.14. The molecule has 4 rings (SSSR count). The van der Waals surface area contributed by atoms with Gasteiger partial charge in [0.15, 0.2) is 5.96 Å². The van der Waals surface area contributed by atoms with Crippen molar-refractivity contribution < 1.29 is 9.47 Å². The second-order valence-electron chi connectivity index (χ2n) is 7.08. The Morgan fingerprint density at radius 3 is 3.04 bits per heavy atom. The first-order valence-corrected chi connectivity index (χ1v) is 8.95. The van der Waals surface area contributed by atoms with E-state index in [2.05, 4.69) is 39.5 Å². The molecule has 0 bridgehead atoms. The predicted octanol–water partition coefficient (Wildman–Crippen LogP) is 2.11. The molecule has 6 heteroatoms. The van der Waals surface area contributed by atoms with E-state index in [1.807, 2.05) is 7.05 Å². The summed E-state index contributed by atoms with van der Waals surface area (Å²) in [6.07, 6.45) is 1.38. The van der Waals surface area contributed by atoms with Crippen LogP contribution in [0.15, 0.2) is 29.3 Å². The van der Waals surface area contributed by atoms with E-state index in [1.165, 1.54) is 6.42 Å². The fourth-order valence-electron chi connectivity index (χ4n) is 4.50. The van der Waals surface area contributed by atoms with Crippen molar-refractivity contribution in [3.63, 3.8) is 0 Å². The minimum atomic E-state index is 0. The standard InChI is InChI=1S/C19H27N3O2.HI/c1-20-19(22-7-8-24-14(11-22)12-23-2)21-10-17-16-9-13-5-3-4-6-15(13)18(16)17;/h3-6,14,16-18H,7-12H2,1-2H3,(H,20,21);1H. The van der Waals surface area contributed by atoms with E-state index in [1.54, 1.807) is 18.2 Å². The number of ether oxygens (including phenoxy) is 2. The van der Waals surface area contributed by atoms with Crippen molar-refractivity contribution in [1.82, 2.24) is 10.2 Å². The summed E-state index contributed by atoms with van der Waals surface area (Å²) in [6, 6.07) is 8.93. The number of nitrogens with one attached hydrogen (secondary N) is 1. The molecule has 1 N–H and O–H groups in total. The first kappa shape index (κ1) is 18.9. The topological polar surface area (TPSA) is 46.1 Å². The lowest BCUT2D eigenvalue weighted by Gasteiger charge is -2.34. The van der Waals surface area contributed by atoms with Gasteiger partial charge in [-0.05, 0) is 35.3 Å². The number of nitrogens with zero attached hydrogens (tertiary/aromatic N) is 2. The highest BCUT2D eigenvalue weighted by atomic mass is 127. The largest absolute Gasteiger partial charge is 0.382 e. The van der Waals surface area contributed by atoms with E-state index in [-0.39, 0.29) is 30.1 Å². The molecule has 5 nitrogen and oxygen atoms in total. The molecule has 1 aliphatic heterocycles. The van der Waals surface area contributed by atoms with Crippen molar-refractivity contribution in [2.24, 2.45) is 16.8 Å². The van der Waals surface area contributed by atoms with E-state index in [4.69, 9.17) is 9.47 Å². The molecule has 4 unspecified atom stereocenters. The minimum Gasteiger partial charge on any atom is -0.382 e. The maximum atomic E-state index is 5.73. The number of benzene rings is 1. The van der Waals surface area contributed by atoms with Crippen molar-refractivity contribution in [2.75, 3.05) is 47.0 Å². The van der Waals surface area contributed by atoms with Gasteiger partial charge < -0.3 is 19.7 Å². The molecule has 0 amide bonds. The molecule has 0 spiro atoms. The maximum Gasteiger partial charge on any atom is 0.193 e. The summed E-state index contributed by atoms with van der Waals surface area (Å²) in [5.41, 5.74) is 3.14. The third kappa shape index (κ3) is 3.80. The van der Waals surface area contributed by atoms with Crippen LogP contribution >= 0.6 is 24.0 Å². The van der Waals surface area contributed by atoms with Gasteiger partial charge in [-0.3, -0.25) is 4.99 Å². The van der Waals surface area contributed by atoms with Crippen LogP contribution < -0.4 is 5.32 Å². The van der Waals surface area contributed by atoms with E-state index >= 15 is 0 Å². The second-order valence-corrected chi connectivity index (χ2v) is 7.08. The Morgan fingerprint density at radius 1 is 1.40 bits per heavy atom. The van der Waals surface area contributed by atoms with Crippen molar-refractivity contribution in [1.29, 1.82) is 0 Å². The highest BCUT2D eigenvalue weighted by molar-refractivity contribution is 14.0. The molecule has 1 aromatic carbocycles. The highest BCUT2D eigenvalue weighted by Gasteiger charge is 2.55. The number of methoxy groups -OCH3 is 1. The van der Waals surface area contributed by atoms with Gasteiger partial charge in [-0.1, -0.05) is 24.3 Å². The van der Waals surface area contributed by atoms with Crippen LogP contribution in [0.2, 0.25) is 0 Å². The zero-order valence-corrected chi connectivity index (χ0v) is 17.3. The molecule has 1 aromatic rings. The summed E-state index contributed by atoms with van der Waals surface area (Å²) in [6.45, 7) is 4.12. The predicted molar refractivity (Wildman–Crippen MR) is 110 cm³/mol. The molecule has 0 aromatic heterocycles. The van der Waals surface area contributed by atoms with Crippen LogP contribution in [0, 0.1) is 11.8 Å². The smallest absolute Gasteiger partial charge is 0.193 e. The minimum absolute atomic E-state index is 0. The summed E-state index contributed by atoms with van der Waals surface area (Å²) >= 11 is 0. The summed E-state index contributed by atoms with van der Waals surface area (Å²) < 4.78 is 11.0. The molecule has 2 aliphatic carbocycles. The number of hydrogen-bond acceptors (Lipinski definition) is 3. The van der Waals surface area contributed by atoms with Crippen molar-refractivity contribution in [3.05, 3.63) is 35.4 Å². The Balaban J connectivity index is 0.00000182. The number of hydrogen-bond donors (Lipinski definition) is 1. The third-order valence-electron chi connectivity index (χ3n) is 5.70. The molecule has 4 atom stereocenters. The van der Waals surface area contributed by atoms with E-state index in [0.29, 0.717) is 6.61 Å². The normalized spacial score (nSPS) is 30.3. The molecular weight excluding hydrogens is 429 g/mol. The number of fused-ring (bicyclic) bond motifs is 3. The Morgan fingerprint density at radius 2 is 2.24 bits per heavy atom. The fraction of sp³-hybridized carbons (Fsp3) is 0.632. The van der Waals surface area contributed by atoms with Crippen LogP contribution in [0.25, 0.3) is 0 Å². The molecule has 1 heterocycles. The Kier molecular flexibility index (Phi) is 6.22. The summed E-state index contributed by atoms with van der Waals surface area (Å²) in [4.78, 5) is 6.77. The number of rotatable bonds is 4. The van der Waals surface area contributed by atoms with Gasteiger partial charge in [0.05, 0.1) is 19.3 Å². The van der Waals surface area contributed by atoms with Gasteiger partial charge in [0.1, 0.15) is 0 Å². The molecule has 3 aliphatic rings. The van der Waals surface area contributed by atoms with Crippen molar-refractivity contribution in [2.45, 2.75) is 18.4 Å². The Labute approximate surface area is 167 Å². The summed E-state index contributed by atoms with van der Waals surface area (Å²) in [5, 5.41) is 3.60. The van der Waals surface area contributed by atoms with E-state index in [0.717, 1.165) is 50.0 Å². The van der Waals surface area contributed by atoms with Crippen LogP contribution in [-0.4, -0.2) is 64.0 Å². The first-order chi connectivity index (χ1) is 11.8. The maximum absolute atomic E-state index is 5.73. The second kappa shape index (κ2) is 8.22. The van der Waals surface area contributed by atoms with Crippen LogP contribution in [0.3, 0.4) is 0 Å². The highest BCUT2D eigenvalue weighted by Crippen LogP contribution is 2.60. The van der Waals surface area contributed by atoms with Crippen LogP contribution in [0.1, 0.15) is 17.0 Å². The van der Waals surface area contributed by atoms with Gasteiger partial charge in [-0.2, -0.15) is 0 Å². The van der Waals surface area contributed by atoms with Gasteiger partial charge >= 0.3 is 0 Å². The van der Waals surface area contributed by atoms with Crippen LogP contribution in [0.4, 0.5) is 0 Å². The SMILES string of the molecule is CN=C(NCC1C2Cc3ccccc3C12)N1CCOC(COC)C1.I. The van der Waals surface area contributed by atoms with Crippen molar-refractivity contribution >= 4 is 29.9 Å². The van der Waals surface area contributed by atoms with E-state index in [9.17, 15) is 0 Å². The lowest BCUT2D eigenvalue weighted by molar-refractivity contribution is -0.0447. The first-order valence-electron chi connectivity index (χ1n) is 8.95. The summed E-state index contributed by atoms with van der Waals surface area (Å²) in [5.74, 6) is 3.35. The Hall–Kier alpha value is -0.860. The number of halogens is 1. The van der Waals surface area contributed by atoms with Gasteiger partial charge in [0.2, 0.25) is 0 Å². The zero-order chi connectivity index (χ0) is 16.5. The van der Waals surface area contributed by atoms with Gasteiger partial charge in [0, 0.05) is 33.8 Å². The Bertz CT molecular complexity index is 622. The average molecular weight is 457 g/mol. The molecular formula is C19H28IN3O2. The fourth-order valence-corrected chi connectivity index (χ4v) is 4.50. The lowest BCUT2D eigenvalue weighted by Crippen LogP contribution is -2.51. The molecule has 138 valence electrons. The molecule has 1 saturated carbocycles. The molecule has 1 saturated heterocycles. The van der Waals surface area contributed by atoms with Crippen molar-refractivity contribution in [3.8, 4) is 0 Å². The number of guanidine groups is 1. The molecule has 25 heavy (non-hydrogen) atoms. The molecule has 2 fully saturated rings. The molecule has 0 radical (unpaired) electrons. The number of morpholine rings is 1. The van der Waals surface area contributed by atoms with Gasteiger partial charge in [-0.15, -0.1) is 24.0 Å². The van der Waals surface area contributed by atoms with E-state index < -0.39 is 0 Å². The van der Waals surface area contributed by atoms with Crippen LogP contribution in [0.5, 0.6) is 0 Å². The summed E-state index contributed by atoms with van der Waals surface area (Å²) in [7, 11) is 3.59. The van der Waals surface area contributed by atoms with Gasteiger partial charge in [0.25, 0.3) is 0 Å². The quantitative estimate of drug-likeness (QED) is 0.428. The van der Waals surface area contributed by atoms with Gasteiger partial charge in [-0.25, -0.2) is 0 Å².